The Balaban J connectivity index is 2.07. The van der Waals surface area contributed by atoms with Gasteiger partial charge in [-0.2, -0.15) is 0 Å². The number of fused-ring (bicyclic) bond motifs is 1. The van der Waals surface area contributed by atoms with Crippen LogP contribution in [0.25, 0.3) is 0 Å². The fourth-order valence-corrected chi connectivity index (χ4v) is 1.90. The van der Waals surface area contributed by atoms with Crippen LogP contribution in [0.15, 0.2) is 0 Å². The molecule has 2 rings (SSSR count). The Bertz CT molecular complexity index is 204. The van der Waals surface area contributed by atoms with E-state index in [1.54, 1.807) is 0 Å². The highest BCUT2D eigenvalue weighted by molar-refractivity contribution is 4.92. The molecule has 0 saturated carbocycles. The second kappa shape index (κ2) is 2.92. The molecule has 0 spiro atoms. The second-order valence-electron chi connectivity index (χ2n) is 4.04. The minimum absolute atomic E-state index is 0.147. The Morgan fingerprint density at radius 1 is 1.31 bits per heavy atom. The summed E-state index contributed by atoms with van der Waals surface area (Å²) in [6.45, 7) is 5.62. The first-order chi connectivity index (χ1) is 6.03. The molecular formula is C9H16O4. The van der Waals surface area contributed by atoms with Crippen molar-refractivity contribution < 1.29 is 19.3 Å². The molecule has 13 heavy (non-hydrogen) atoms. The summed E-state index contributed by atoms with van der Waals surface area (Å²) in [5, 5.41) is 9.76. The monoisotopic (exact) mass is 188 g/mol. The number of aliphatic hydroxyl groups excluding tert-OH is 1. The number of aliphatic hydroxyl groups is 1. The van der Waals surface area contributed by atoms with Gasteiger partial charge in [-0.3, -0.25) is 0 Å². The van der Waals surface area contributed by atoms with Crippen molar-refractivity contribution in [1.29, 1.82) is 0 Å². The average molecular weight is 188 g/mol. The van der Waals surface area contributed by atoms with Gasteiger partial charge in [-0.25, -0.2) is 0 Å². The van der Waals surface area contributed by atoms with Gasteiger partial charge in [-0.15, -0.1) is 0 Å². The minimum atomic E-state index is -0.630. The van der Waals surface area contributed by atoms with Crippen LogP contribution >= 0.6 is 0 Å². The van der Waals surface area contributed by atoms with Crippen molar-refractivity contribution in [3.63, 3.8) is 0 Å². The van der Waals surface area contributed by atoms with Gasteiger partial charge in [0.15, 0.2) is 12.1 Å². The largest absolute Gasteiger partial charge is 0.387 e. The number of ether oxygens (including phenoxy) is 3. The van der Waals surface area contributed by atoms with Crippen LogP contribution in [0.3, 0.4) is 0 Å². The van der Waals surface area contributed by atoms with Gasteiger partial charge in [-0.1, -0.05) is 6.92 Å². The summed E-state index contributed by atoms with van der Waals surface area (Å²) in [6, 6.07) is 0. The van der Waals surface area contributed by atoms with Crippen molar-refractivity contribution >= 4 is 0 Å². The van der Waals surface area contributed by atoms with Crippen LogP contribution in [0.1, 0.15) is 27.2 Å². The van der Waals surface area contributed by atoms with Crippen molar-refractivity contribution in [2.45, 2.75) is 57.6 Å². The standard InChI is InChI=1S/C9H16O4/c1-4-5-6(10)7-8(11-5)13-9(2,3)12-7/h5-8,10H,4H2,1-3H3/t5-,6?,7+,8-/m1/s1. The predicted molar refractivity (Wildman–Crippen MR) is 45.0 cm³/mol. The molecule has 0 aromatic carbocycles. The van der Waals surface area contributed by atoms with Gasteiger partial charge in [0.2, 0.25) is 0 Å². The highest BCUT2D eigenvalue weighted by Gasteiger charge is 2.53. The summed E-state index contributed by atoms with van der Waals surface area (Å²) < 4.78 is 16.5. The summed E-state index contributed by atoms with van der Waals surface area (Å²) in [5.41, 5.74) is 0. The molecule has 4 heteroatoms. The topological polar surface area (TPSA) is 47.9 Å². The normalized spacial score (nSPS) is 48.0. The van der Waals surface area contributed by atoms with E-state index in [-0.39, 0.29) is 12.2 Å². The van der Waals surface area contributed by atoms with Gasteiger partial charge in [-0.05, 0) is 20.3 Å². The molecule has 0 amide bonds. The van der Waals surface area contributed by atoms with Crippen LogP contribution in [0, 0.1) is 0 Å². The lowest BCUT2D eigenvalue weighted by Gasteiger charge is -2.22. The minimum Gasteiger partial charge on any atom is -0.387 e. The third kappa shape index (κ3) is 1.48. The quantitative estimate of drug-likeness (QED) is 0.655. The molecule has 4 atom stereocenters. The molecule has 0 aromatic heterocycles. The maximum absolute atomic E-state index is 9.76. The maximum Gasteiger partial charge on any atom is 0.190 e. The number of rotatable bonds is 1. The molecule has 2 aliphatic rings. The smallest absolute Gasteiger partial charge is 0.190 e. The molecule has 2 saturated heterocycles. The molecule has 1 N–H and O–H groups in total. The summed E-state index contributed by atoms with van der Waals surface area (Å²) >= 11 is 0. The van der Waals surface area contributed by atoms with Crippen LogP contribution in [0.4, 0.5) is 0 Å². The van der Waals surface area contributed by atoms with Crippen LogP contribution < -0.4 is 0 Å². The fraction of sp³-hybridized carbons (Fsp3) is 1.00. The third-order valence-corrected chi connectivity index (χ3v) is 2.52. The predicted octanol–water partition coefficient (Wildman–Crippen LogP) is 0.634. The fourth-order valence-electron chi connectivity index (χ4n) is 1.90. The molecular weight excluding hydrogens is 172 g/mol. The molecule has 1 unspecified atom stereocenters. The summed E-state index contributed by atoms with van der Waals surface area (Å²) in [4.78, 5) is 0. The Labute approximate surface area is 77.8 Å². The van der Waals surface area contributed by atoms with Crippen LogP contribution in [0.5, 0.6) is 0 Å². The Hall–Kier alpha value is -0.160. The van der Waals surface area contributed by atoms with Crippen molar-refractivity contribution in [3.8, 4) is 0 Å². The van der Waals surface area contributed by atoms with Crippen LogP contribution in [-0.2, 0) is 14.2 Å². The van der Waals surface area contributed by atoms with E-state index in [0.717, 1.165) is 6.42 Å². The lowest BCUT2D eigenvalue weighted by Crippen LogP contribution is -2.34. The van der Waals surface area contributed by atoms with E-state index in [1.165, 1.54) is 0 Å². The zero-order valence-electron chi connectivity index (χ0n) is 8.19. The van der Waals surface area contributed by atoms with Crippen molar-refractivity contribution in [3.05, 3.63) is 0 Å². The lowest BCUT2D eigenvalue weighted by atomic mass is 10.1. The number of hydrogen-bond acceptors (Lipinski definition) is 4. The zero-order valence-corrected chi connectivity index (χ0v) is 8.19. The number of hydrogen-bond donors (Lipinski definition) is 1. The van der Waals surface area contributed by atoms with E-state index in [1.807, 2.05) is 20.8 Å². The van der Waals surface area contributed by atoms with Gasteiger partial charge in [0.25, 0.3) is 0 Å². The van der Waals surface area contributed by atoms with E-state index in [9.17, 15) is 5.11 Å². The maximum atomic E-state index is 9.76. The van der Waals surface area contributed by atoms with Gasteiger partial charge in [0.1, 0.15) is 12.2 Å². The van der Waals surface area contributed by atoms with Crippen LogP contribution in [0.2, 0.25) is 0 Å². The Morgan fingerprint density at radius 2 is 2.00 bits per heavy atom. The third-order valence-electron chi connectivity index (χ3n) is 2.52. The molecule has 0 radical (unpaired) electrons. The van der Waals surface area contributed by atoms with E-state index < -0.39 is 18.2 Å². The molecule has 0 bridgehead atoms. The first-order valence-electron chi connectivity index (χ1n) is 4.72. The molecule has 0 aromatic rings. The molecule has 76 valence electrons. The molecule has 4 nitrogen and oxygen atoms in total. The van der Waals surface area contributed by atoms with Gasteiger partial charge < -0.3 is 19.3 Å². The highest BCUT2D eigenvalue weighted by Crippen LogP contribution is 2.37. The average Bonchev–Trinajstić information content (AvgIpc) is 2.47. The lowest BCUT2D eigenvalue weighted by molar-refractivity contribution is -0.214. The summed E-state index contributed by atoms with van der Waals surface area (Å²) in [6.07, 6.45) is -0.640. The van der Waals surface area contributed by atoms with Crippen molar-refractivity contribution in [2.75, 3.05) is 0 Å². The summed E-state index contributed by atoms with van der Waals surface area (Å²) in [7, 11) is 0. The Kier molecular flexibility index (Phi) is 2.11. The molecule has 2 fully saturated rings. The summed E-state index contributed by atoms with van der Waals surface area (Å²) in [5.74, 6) is -0.630. The van der Waals surface area contributed by atoms with E-state index in [4.69, 9.17) is 14.2 Å². The zero-order chi connectivity index (χ0) is 9.64. The van der Waals surface area contributed by atoms with Crippen molar-refractivity contribution in [2.24, 2.45) is 0 Å². The first kappa shape index (κ1) is 9.40. The molecule has 0 aliphatic carbocycles. The van der Waals surface area contributed by atoms with E-state index >= 15 is 0 Å². The van der Waals surface area contributed by atoms with Crippen LogP contribution in [-0.4, -0.2) is 35.5 Å². The molecule has 2 aliphatic heterocycles. The first-order valence-corrected chi connectivity index (χ1v) is 4.72. The molecule has 2 heterocycles. The second-order valence-corrected chi connectivity index (χ2v) is 4.04. The Morgan fingerprint density at radius 3 is 2.54 bits per heavy atom. The van der Waals surface area contributed by atoms with Crippen molar-refractivity contribution in [1.82, 2.24) is 0 Å². The van der Waals surface area contributed by atoms with Gasteiger partial charge >= 0.3 is 0 Å². The SMILES string of the molecule is CC[C@H]1O[C@@H]2OC(C)(C)O[C@H]2C1O. The van der Waals surface area contributed by atoms with E-state index in [2.05, 4.69) is 0 Å². The van der Waals surface area contributed by atoms with Gasteiger partial charge in [0.05, 0.1) is 6.10 Å². The highest BCUT2D eigenvalue weighted by atomic mass is 16.8. The van der Waals surface area contributed by atoms with E-state index in [0.29, 0.717) is 0 Å². The van der Waals surface area contributed by atoms with Gasteiger partial charge in [0, 0.05) is 0 Å².